The summed E-state index contributed by atoms with van der Waals surface area (Å²) in [6.07, 6.45) is 7.02. The summed E-state index contributed by atoms with van der Waals surface area (Å²) >= 11 is 6.10. The van der Waals surface area contributed by atoms with Gasteiger partial charge in [-0.25, -0.2) is 9.97 Å². The van der Waals surface area contributed by atoms with Crippen molar-refractivity contribution in [2.24, 2.45) is 5.73 Å². The molecule has 9 nitrogen and oxygen atoms in total. The maximum Gasteiger partial charge on any atom is 0.280 e. The van der Waals surface area contributed by atoms with Crippen LogP contribution in [0.25, 0.3) is 17.1 Å². The first-order valence-corrected chi connectivity index (χ1v) is 11.5. The SMILES string of the molecule is CCCCC(NC(=O)c1cccnc1-n1cnc(-c2cccc(Cl)c2)c1)C1(C(N)=O)OCCO1. The highest BCUT2D eigenvalue weighted by Crippen LogP contribution is 2.28. The second-order valence-electron chi connectivity index (χ2n) is 7.95. The molecule has 10 heteroatoms. The van der Waals surface area contributed by atoms with E-state index in [0.29, 0.717) is 28.5 Å². The van der Waals surface area contributed by atoms with E-state index >= 15 is 0 Å². The van der Waals surface area contributed by atoms with Gasteiger partial charge in [-0.2, -0.15) is 0 Å². The van der Waals surface area contributed by atoms with Gasteiger partial charge in [-0.15, -0.1) is 0 Å². The Morgan fingerprint density at radius 3 is 2.74 bits per heavy atom. The number of hydrogen-bond donors (Lipinski definition) is 2. The molecule has 0 aliphatic carbocycles. The summed E-state index contributed by atoms with van der Waals surface area (Å²) in [5, 5.41) is 3.51. The third-order valence-corrected chi connectivity index (χ3v) is 5.88. The lowest BCUT2D eigenvalue weighted by Crippen LogP contribution is -2.60. The third-order valence-electron chi connectivity index (χ3n) is 5.65. The van der Waals surface area contributed by atoms with Crippen molar-refractivity contribution in [3.63, 3.8) is 0 Å². The van der Waals surface area contributed by atoms with Gasteiger partial charge in [-0.05, 0) is 30.7 Å². The van der Waals surface area contributed by atoms with Gasteiger partial charge in [0.2, 0.25) is 0 Å². The predicted octanol–water partition coefficient (Wildman–Crippen LogP) is 3.10. The molecule has 2 amide bonds. The molecule has 0 radical (unpaired) electrons. The maximum atomic E-state index is 13.4. The molecule has 0 spiro atoms. The molecule has 34 heavy (non-hydrogen) atoms. The van der Waals surface area contributed by atoms with Gasteiger partial charge in [0.05, 0.1) is 30.5 Å². The van der Waals surface area contributed by atoms with E-state index in [1.54, 1.807) is 41.5 Å². The molecule has 1 atom stereocenters. The number of hydrogen-bond acceptors (Lipinski definition) is 6. The number of amides is 2. The van der Waals surface area contributed by atoms with Crippen molar-refractivity contribution in [2.45, 2.75) is 38.0 Å². The lowest BCUT2D eigenvalue weighted by Gasteiger charge is -2.33. The third kappa shape index (κ3) is 4.82. The molecule has 1 aliphatic heterocycles. The molecule has 2 aromatic heterocycles. The number of carbonyl (C=O) groups is 2. The van der Waals surface area contributed by atoms with Gasteiger partial charge in [-0.1, -0.05) is 43.5 Å². The quantitative estimate of drug-likeness (QED) is 0.482. The first-order valence-electron chi connectivity index (χ1n) is 11.1. The van der Waals surface area contributed by atoms with Crippen LogP contribution < -0.4 is 11.1 Å². The molecule has 3 heterocycles. The zero-order valence-electron chi connectivity index (χ0n) is 18.7. The fraction of sp³-hybridized carbons (Fsp3) is 0.333. The summed E-state index contributed by atoms with van der Waals surface area (Å²) in [7, 11) is 0. The number of carbonyl (C=O) groups excluding carboxylic acids is 2. The largest absolute Gasteiger partial charge is 0.365 e. The van der Waals surface area contributed by atoms with Crippen LogP contribution in [0.15, 0.2) is 55.1 Å². The minimum Gasteiger partial charge on any atom is -0.365 e. The van der Waals surface area contributed by atoms with Gasteiger partial charge in [0.15, 0.2) is 5.82 Å². The van der Waals surface area contributed by atoms with Crippen molar-refractivity contribution in [3.05, 3.63) is 65.7 Å². The van der Waals surface area contributed by atoms with Crippen LogP contribution in [-0.4, -0.2) is 51.4 Å². The van der Waals surface area contributed by atoms with Crippen molar-refractivity contribution in [1.29, 1.82) is 0 Å². The number of pyridine rings is 1. The summed E-state index contributed by atoms with van der Waals surface area (Å²) in [6, 6.07) is 9.90. The van der Waals surface area contributed by atoms with E-state index in [0.717, 1.165) is 18.4 Å². The number of imidazole rings is 1. The summed E-state index contributed by atoms with van der Waals surface area (Å²) in [4.78, 5) is 34.5. The average Bonchev–Trinajstić information content (AvgIpc) is 3.53. The average molecular weight is 484 g/mol. The fourth-order valence-corrected chi connectivity index (χ4v) is 4.15. The van der Waals surface area contributed by atoms with Gasteiger partial charge in [0, 0.05) is 23.0 Å². The second-order valence-corrected chi connectivity index (χ2v) is 8.38. The van der Waals surface area contributed by atoms with Crippen molar-refractivity contribution in [1.82, 2.24) is 19.9 Å². The van der Waals surface area contributed by atoms with Crippen molar-refractivity contribution in [3.8, 4) is 17.1 Å². The Hall–Kier alpha value is -3.27. The monoisotopic (exact) mass is 483 g/mol. The standard InChI is InChI=1S/C24H26ClN5O4/c1-2-3-9-20(24(23(26)32)33-11-12-34-24)29-22(31)18-8-5-10-27-21(18)30-14-19(28-15-30)16-6-4-7-17(25)13-16/h4-8,10,13-15,20H,2-3,9,11-12H2,1H3,(H2,26,32)(H,29,31). The number of rotatable bonds is 9. The molecule has 1 saturated heterocycles. The number of nitrogens with zero attached hydrogens (tertiary/aromatic N) is 3. The van der Waals surface area contributed by atoms with Gasteiger partial charge in [0.25, 0.3) is 17.6 Å². The van der Waals surface area contributed by atoms with E-state index in [1.165, 1.54) is 0 Å². The summed E-state index contributed by atoms with van der Waals surface area (Å²) in [5.41, 5.74) is 7.46. The van der Waals surface area contributed by atoms with Gasteiger partial charge in [-0.3, -0.25) is 14.2 Å². The van der Waals surface area contributed by atoms with Crippen molar-refractivity contribution in [2.75, 3.05) is 13.2 Å². The van der Waals surface area contributed by atoms with E-state index in [9.17, 15) is 9.59 Å². The number of nitrogens with two attached hydrogens (primary N) is 1. The molecule has 1 aromatic carbocycles. The van der Waals surface area contributed by atoms with Crippen LogP contribution in [-0.2, 0) is 14.3 Å². The number of unbranched alkanes of at least 4 members (excludes halogenated alkanes) is 1. The van der Waals surface area contributed by atoms with Crippen LogP contribution in [0.4, 0.5) is 0 Å². The van der Waals surface area contributed by atoms with Crippen molar-refractivity contribution < 1.29 is 19.1 Å². The van der Waals surface area contributed by atoms with Crippen LogP contribution >= 0.6 is 11.6 Å². The number of nitrogens with one attached hydrogen (secondary N) is 1. The summed E-state index contributed by atoms with van der Waals surface area (Å²) in [6.45, 7) is 2.46. The molecular formula is C24H26ClN5O4. The van der Waals surface area contributed by atoms with Crippen LogP contribution in [0.3, 0.4) is 0 Å². The predicted molar refractivity (Wildman–Crippen MR) is 126 cm³/mol. The number of benzene rings is 1. The maximum absolute atomic E-state index is 13.4. The van der Waals surface area contributed by atoms with E-state index in [1.807, 2.05) is 25.1 Å². The first-order chi connectivity index (χ1) is 16.4. The van der Waals surface area contributed by atoms with Gasteiger partial charge >= 0.3 is 0 Å². The Labute approximate surface area is 202 Å². The molecule has 178 valence electrons. The minimum atomic E-state index is -1.69. The summed E-state index contributed by atoms with van der Waals surface area (Å²) in [5.74, 6) is -2.50. The van der Waals surface area contributed by atoms with Crippen LogP contribution in [0.2, 0.25) is 5.02 Å². The smallest absolute Gasteiger partial charge is 0.280 e. The van der Waals surface area contributed by atoms with E-state index in [4.69, 9.17) is 26.8 Å². The zero-order chi connectivity index (χ0) is 24.1. The highest BCUT2D eigenvalue weighted by atomic mass is 35.5. The first kappa shape index (κ1) is 23.9. The normalized spacial score (nSPS) is 15.7. The molecule has 0 saturated carbocycles. The van der Waals surface area contributed by atoms with Gasteiger partial charge < -0.3 is 20.5 Å². The van der Waals surface area contributed by atoms with E-state index < -0.39 is 23.6 Å². The van der Waals surface area contributed by atoms with E-state index in [-0.39, 0.29) is 13.2 Å². The van der Waals surface area contributed by atoms with Crippen molar-refractivity contribution >= 4 is 23.4 Å². The number of ether oxygens (including phenoxy) is 2. The lowest BCUT2D eigenvalue weighted by atomic mass is 9.99. The highest BCUT2D eigenvalue weighted by molar-refractivity contribution is 6.30. The van der Waals surface area contributed by atoms with Crippen LogP contribution in [0.5, 0.6) is 0 Å². The lowest BCUT2D eigenvalue weighted by molar-refractivity contribution is -0.190. The number of aromatic nitrogens is 3. The molecule has 0 bridgehead atoms. The zero-order valence-corrected chi connectivity index (χ0v) is 19.5. The topological polar surface area (TPSA) is 121 Å². The molecule has 3 N–H and O–H groups in total. The second kappa shape index (κ2) is 10.3. The molecule has 1 unspecified atom stereocenters. The van der Waals surface area contributed by atoms with E-state index in [2.05, 4.69) is 15.3 Å². The highest BCUT2D eigenvalue weighted by Gasteiger charge is 2.50. The van der Waals surface area contributed by atoms with Crippen LogP contribution in [0, 0.1) is 0 Å². The molecule has 3 aromatic rings. The Morgan fingerprint density at radius 1 is 1.24 bits per heavy atom. The molecular weight excluding hydrogens is 458 g/mol. The Morgan fingerprint density at radius 2 is 2.03 bits per heavy atom. The Balaban J connectivity index is 1.63. The van der Waals surface area contributed by atoms with Crippen LogP contribution in [0.1, 0.15) is 36.5 Å². The Bertz CT molecular complexity index is 1180. The Kier molecular flexibility index (Phi) is 7.26. The van der Waals surface area contributed by atoms with Gasteiger partial charge in [0.1, 0.15) is 6.33 Å². The minimum absolute atomic E-state index is 0.223. The number of primary amides is 1. The molecule has 1 aliphatic rings. The molecule has 4 rings (SSSR count). The summed E-state index contributed by atoms with van der Waals surface area (Å²) < 4.78 is 12.9. The molecule has 1 fully saturated rings. The number of halogens is 1. The fourth-order valence-electron chi connectivity index (χ4n) is 3.96.